The molecule has 2 aromatic heterocycles. The molecule has 1 saturated carbocycles. The van der Waals surface area contributed by atoms with Crippen LogP contribution >= 0.6 is 11.3 Å². The number of hydrogen-bond donors (Lipinski definition) is 1. The molecule has 2 heterocycles. The predicted octanol–water partition coefficient (Wildman–Crippen LogP) is 3.99. The molecule has 1 aliphatic rings. The Morgan fingerprint density at radius 1 is 1.40 bits per heavy atom. The lowest BCUT2D eigenvalue weighted by Crippen LogP contribution is -2.27. The maximum absolute atomic E-state index is 4.35. The summed E-state index contributed by atoms with van der Waals surface area (Å²) < 4.78 is 2.08. The highest BCUT2D eigenvalue weighted by molar-refractivity contribution is 7.10. The van der Waals surface area contributed by atoms with Crippen molar-refractivity contribution >= 4 is 11.3 Å². The normalized spacial score (nSPS) is 17.6. The van der Waals surface area contributed by atoms with Crippen LogP contribution in [0.15, 0.2) is 29.8 Å². The quantitative estimate of drug-likeness (QED) is 0.871. The van der Waals surface area contributed by atoms with Gasteiger partial charge in [-0.15, -0.1) is 11.3 Å². The summed E-state index contributed by atoms with van der Waals surface area (Å²) in [6.45, 7) is 3.99. The third kappa shape index (κ3) is 2.96. The van der Waals surface area contributed by atoms with E-state index in [1.807, 2.05) is 17.5 Å². The Bertz CT molecular complexity index is 512. The molecule has 4 heteroatoms. The molecule has 20 heavy (non-hydrogen) atoms. The van der Waals surface area contributed by atoms with Gasteiger partial charge in [0.15, 0.2) is 0 Å². The highest BCUT2D eigenvalue weighted by Gasteiger charge is 2.26. The molecule has 3 nitrogen and oxygen atoms in total. The molecule has 1 aliphatic carbocycles. The average molecular weight is 289 g/mol. The van der Waals surface area contributed by atoms with Gasteiger partial charge in [-0.05, 0) is 43.2 Å². The third-order valence-corrected chi connectivity index (χ3v) is 5.28. The largest absolute Gasteiger partial charge is 0.303 e. The van der Waals surface area contributed by atoms with Gasteiger partial charge in [-0.25, -0.2) is 0 Å². The second-order valence-electron chi connectivity index (χ2n) is 5.56. The SMILES string of the molecule is CCn1nccc1CNC(c1cccs1)C1CCCC1. The van der Waals surface area contributed by atoms with Gasteiger partial charge >= 0.3 is 0 Å². The standard InChI is InChI=1S/C16H23N3S/c1-2-19-14(9-10-18-19)12-17-16(13-6-3-4-7-13)15-8-5-11-20-15/h5,8-11,13,16-17H,2-4,6-7,12H2,1H3. The minimum absolute atomic E-state index is 0.512. The molecule has 3 rings (SSSR count). The Hall–Kier alpha value is -1.13. The maximum atomic E-state index is 4.35. The number of nitrogens with zero attached hydrogens (tertiary/aromatic N) is 2. The zero-order valence-corrected chi connectivity index (χ0v) is 12.9. The first-order valence-corrected chi connectivity index (χ1v) is 8.54. The van der Waals surface area contributed by atoms with Gasteiger partial charge in [-0.2, -0.15) is 5.10 Å². The van der Waals surface area contributed by atoms with Gasteiger partial charge in [0, 0.05) is 30.2 Å². The van der Waals surface area contributed by atoms with Crippen LogP contribution in [-0.4, -0.2) is 9.78 Å². The second kappa shape index (κ2) is 6.55. The molecule has 1 N–H and O–H groups in total. The molecule has 0 aliphatic heterocycles. The van der Waals surface area contributed by atoms with Gasteiger partial charge in [0.1, 0.15) is 0 Å². The van der Waals surface area contributed by atoms with Crippen molar-refractivity contribution < 1.29 is 0 Å². The Morgan fingerprint density at radius 2 is 2.25 bits per heavy atom. The molecular weight excluding hydrogens is 266 g/mol. The molecule has 108 valence electrons. The Morgan fingerprint density at radius 3 is 2.95 bits per heavy atom. The first kappa shape index (κ1) is 13.8. The van der Waals surface area contributed by atoms with Crippen LogP contribution in [0.5, 0.6) is 0 Å². The summed E-state index contributed by atoms with van der Waals surface area (Å²) in [4.78, 5) is 1.49. The van der Waals surface area contributed by atoms with Gasteiger partial charge in [-0.3, -0.25) is 4.68 Å². The smallest absolute Gasteiger partial charge is 0.0522 e. The summed E-state index contributed by atoms with van der Waals surface area (Å²) in [5, 5.41) is 10.3. The molecular formula is C16H23N3S. The average Bonchev–Trinajstić information content (AvgIpc) is 3.22. The Kier molecular flexibility index (Phi) is 4.53. The Balaban J connectivity index is 1.70. The van der Waals surface area contributed by atoms with E-state index >= 15 is 0 Å². The minimum atomic E-state index is 0.512. The van der Waals surface area contributed by atoms with Crippen molar-refractivity contribution in [2.45, 2.75) is 51.7 Å². The molecule has 0 aromatic carbocycles. The molecule has 0 saturated heterocycles. The van der Waals surface area contributed by atoms with Crippen LogP contribution in [0.4, 0.5) is 0 Å². The summed E-state index contributed by atoms with van der Waals surface area (Å²) in [6.07, 6.45) is 7.41. The number of aryl methyl sites for hydroxylation is 1. The molecule has 0 spiro atoms. The van der Waals surface area contributed by atoms with E-state index in [0.29, 0.717) is 6.04 Å². The third-order valence-electron chi connectivity index (χ3n) is 4.33. The second-order valence-corrected chi connectivity index (χ2v) is 6.54. The minimum Gasteiger partial charge on any atom is -0.303 e. The summed E-state index contributed by atoms with van der Waals surface area (Å²) in [5.74, 6) is 0.798. The number of thiophene rings is 1. The van der Waals surface area contributed by atoms with Crippen molar-refractivity contribution in [2.75, 3.05) is 0 Å². The predicted molar refractivity (Wildman–Crippen MR) is 83.8 cm³/mol. The summed E-state index contributed by atoms with van der Waals surface area (Å²) >= 11 is 1.88. The van der Waals surface area contributed by atoms with Crippen LogP contribution in [0.25, 0.3) is 0 Å². The van der Waals surface area contributed by atoms with Crippen molar-refractivity contribution in [1.29, 1.82) is 0 Å². The van der Waals surface area contributed by atoms with Crippen molar-refractivity contribution in [3.63, 3.8) is 0 Å². The first-order valence-electron chi connectivity index (χ1n) is 7.66. The number of nitrogens with one attached hydrogen (secondary N) is 1. The topological polar surface area (TPSA) is 29.9 Å². The molecule has 2 aromatic rings. The molecule has 1 atom stereocenters. The van der Waals surface area contributed by atoms with Crippen molar-refractivity contribution in [1.82, 2.24) is 15.1 Å². The van der Waals surface area contributed by atoms with Gasteiger partial charge in [0.25, 0.3) is 0 Å². The highest BCUT2D eigenvalue weighted by atomic mass is 32.1. The van der Waals surface area contributed by atoms with Gasteiger partial charge < -0.3 is 5.32 Å². The van der Waals surface area contributed by atoms with E-state index in [4.69, 9.17) is 0 Å². The van der Waals surface area contributed by atoms with Crippen LogP contribution in [0, 0.1) is 5.92 Å². The number of hydrogen-bond acceptors (Lipinski definition) is 3. The summed E-state index contributed by atoms with van der Waals surface area (Å²) in [7, 11) is 0. The lowest BCUT2D eigenvalue weighted by molar-refractivity contribution is 0.365. The van der Waals surface area contributed by atoms with E-state index in [1.165, 1.54) is 36.3 Å². The highest BCUT2D eigenvalue weighted by Crippen LogP contribution is 2.37. The molecule has 0 amide bonds. The lowest BCUT2D eigenvalue weighted by atomic mass is 9.96. The van der Waals surface area contributed by atoms with Gasteiger partial charge in [0.05, 0.1) is 5.69 Å². The molecule has 1 fully saturated rings. The number of rotatable bonds is 6. The van der Waals surface area contributed by atoms with Crippen LogP contribution in [-0.2, 0) is 13.1 Å². The monoisotopic (exact) mass is 289 g/mol. The first-order chi connectivity index (χ1) is 9.88. The van der Waals surface area contributed by atoms with E-state index in [2.05, 4.69) is 45.6 Å². The van der Waals surface area contributed by atoms with Crippen LogP contribution in [0.3, 0.4) is 0 Å². The molecule has 0 bridgehead atoms. The van der Waals surface area contributed by atoms with Gasteiger partial charge in [-0.1, -0.05) is 18.9 Å². The van der Waals surface area contributed by atoms with Gasteiger partial charge in [0.2, 0.25) is 0 Å². The van der Waals surface area contributed by atoms with E-state index in [-0.39, 0.29) is 0 Å². The lowest BCUT2D eigenvalue weighted by Gasteiger charge is -2.24. The van der Waals surface area contributed by atoms with Crippen LogP contribution in [0.1, 0.15) is 49.2 Å². The fraction of sp³-hybridized carbons (Fsp3) is 0.562. The van der Waals surface area contributed by atoms with Crippen LogP contribution < -0.4 is 5.32 Å². The molecule has 0 radical (unpaired) electrons. The zero-order valence-electron chi connectivity index (χ0n) is 12.1. The molecule has 1 unspecified atom stereocenters. The van der Waals surface area contributed by atoms with E-state index in [9.17, 15) is 0 Å². The van der Waals surface area contributed by atoms with Crippen molar-refractivity contribution in [3.05, 3.63) is 40.3 Å². The Labute approximate surface area is 125 Å². The number of aromatic nitrogens is 2. The van der Waals surface area contributed by atoms with E-state index < -0.39 is 0 Å². The van der Waals surface area contributed by atoms with Crippen LogP contribution in [0.2, 0.25) is 0 Å². The van der Waals surface area contributed by atoms with Crippen molar-refractivity contribution in [3.8, 4) is 0 Å². The summed E-state index contributed by atoms with van der Waals surface area (Å²) in [6, 6.07) is 7.08. The van der Waals surface area contributed by atoms with Crippen molar-refractivity contribution in [2.24, 2.45) is 5.92 Å². The fourth-order valence-electron chi connectivity index (χ4n) is 3.27. The maximum Gasteiger partial charge on any atom is 0.0522 e. The summed E-state index contributed by atoms with van der Waals surface area (Å²) in [5.41, 5.74) is 1.28. The zero-order chi connectivity index (χ0) is 13.8. The van der Waals surface area contributed by atoms with E-state index in [1.54, 1.807) is 0 Å². The van der Waals surface area contributed by atoms with E-state index in [0.717, 1.165) is 19.0 Å². The fourth-order valence-corrected chi connectivity index (χ4v) is 4.16.